The number of likely N-dealkylation sites (tertiary alicyclic amines) is 1. The van der Waals surface area contributed by atoms with Crippen molar-refractivity contribution < 1.29 is 4.79 Å². The smallest absolute Gasteiger partial charge is 0.252 e. The minimum atomic E-state index is -0.0947. The molecule has 0 unspecified atom stereocenters. The number of nitrogens with zero attached hydrogens (tertiary/aromatic N) is 8. The fourth-order valence-electron chi connectivity index (χ4n) is 4.90. The van der Waals surface area contributed by atoms with Crippen molar-refractivity contribution in [2.24, 2.45) is 0 Å². The van der Waals surface area contributed by atoms with Crippen LogP contribution in [0.4, 0.5) is 11.6 Å². The van der Waals surface area contributed by atoms with Gasteiger partial charge in [-0.15, -0.1) is 0 Å². The van der Waals surface area contributed by atoms with Crippen molar-refractivity contribution in [3.8, 4) is 0 Å². The highest BCUT2D eigenvalue weighted by molar-refractivity contribution is 5.87. The lowest BCUT2D eigenvalue weighted by atomic mass is 10.1. The molecule has 1 amide bonds. The van der Waals surface area contributed by atoms with Gasteiger partial charge in [0.1, 0.15) is 5.65 Å². The second-order valence-electron chi connectivity index (χ2n) is 9.54. The highest BCUT2D eigenvalue weighted by Gasteiger charge is 2.20. The van der Waals surface area contributed by atoms with Gasteiger partial charge < -0.3 is 15.1 Å². The molecule has 0 atom stereocenters. The molecule has 5 rings (SSSR count). The largest absolute Gasteiger partial charge is 0.337 e. The molecule has 3 aromatic heterocycles. The van der Waals surface area contributed by atoms with Gasteiger partial charge in [0.05, 0.1) is 17.9 Å². The molecule has 2 fully saturated rings. The Bertz CT molecular complexity index is 1280. The molecule has 0 aromatic carbocycles. The molecule has 11 heteroatoms. The predicted octanol–water partition coefficient (Wildman–Crippen LogP) is 1.33. The van der Waals surface area contributed by atoms with E-state index in [4.69, 9.17) is 0 Å². The van der Waals surface area contributed by atoms with E-state index >= 15 is 0 Å². The fraction of sp³-hybridized carbons (Fsp3) is 0.480. The summed E-state index contributed by atoms with van der Waals surface area (Å²) in [5.41, 5.74) is 1.33. The minimum absolute atomic E-state index is 0.0338. The van der Waals surface area contributed by atoms with Crippen LogP contribution in [0.15, 0.2) is 48.2 Å². The second-order valence-corrected chi connectivity index (χ2v) is 9.54. The van der Waals surface area contributed by atoms with Gasteiger partial charge in [0.25, 0.3) is 5.56 Å². The molecule has 11 nitrogen and oxygen atoms in total. The molecule has 2 saturated heterocycles. The summed E-state index contributed by atoms with van der Waals surface area (Å²) in [6.45, 7) is 9.77. The lowest BCUT2D eigenvalue weighted by molar-refractivity contribution is -0.127. The molecule has 190 valence electrons. The predicted molar refractivity (Wildman–Crippen MR) is 138 cm³/mol. The molecular weight excluding hydrogens is 458 g/mol. The summed E-state index contributed by atoms with van der Waals surface area (Å²) in [5, 5.41) is 8.61. The van der Waals surface area contributed by atoms with Gasteiger partial charge in [0.15, 0.2) is 0 Å². The van der Waals surface area contributed by atoms with Gasteiger partial charge in [-0.25, -0.2) is 4.98 Å². The van der Waals surface area contributed by atoms with E-state index in [1.165, 1.54) is 6.08 Å². The third kappa shape index (κ3) is 5.31. The molecule has 5 heterocycles. The van der Waals surface area contributed by atoms with Crippen LogP contribution in [0.2, 0.25) is 0 Å². The van der Waals surface area contributed by atoms with Crippen LogP contribution in [0, 0.1) is 0 Å². The molecule has 36 heavy (non-hydrogen) atoms. The summed E-state index contributed by atoms with van der Waals surface area (Å²) in [4.78, 5) is 40.1. The van der Waals surface area contributed by atoms with Gasteiger partial charge in [0, 0.05) is 63.1 Å². The molecular formula is C25H33N9O2. The number of fused-ring (bicyclic) bond motifs is 1. The summed E-state index contributed by atoms with van der Waals surface area (Å²) >= 11 is 0. The SMILES string of the molecule is C=CC(=O)N1CCN(CCn2c(=O)ccc3cnc(Nc4cnn(C5CCN(C)CC5)c4)nc32)CC1. The molecule has 0 saturated carbocycles. The third-order valence-electron chi connectivity index (χ3n) is 7.14. The van der Waals surface area contributed by atoms with Crippen LogP contribution in [0.5, 0.6) is 0 Å². The maximum absolute atomic E-state index is 12.7. The van der Waals surface area contributed by atoms with Gasteiger partial charge >= 0.3 is 0 Å². The molecule has 0 radical (unpaired) electrons. The second kappa shape index (κ2) is 10.6. The number of carbonyl (C=O) groups excluding carboxylic acids is 1. The first-order valence-electron chi connectivity index (χ1n) is 12.5. The number of hydrogen-bond acceptors (Lipinski definition) is 8. The maximum Gasteiger partial charge on any atom is 0.252 e. The number of piperidine rings is 1. The zero-order chi connectivity index (χ0) is 25.1. The van der Waals surface area contributed by atoms with E-state index in [1.54, 1.807) is 34.0 Å². The van der Waals surface area contributed by atoms with E-state index in [1.807, 2.05) is 10.9 Å². The van der Waals surface area contributed by atoms with E-state index < -0.39 is 0 Å². The van der Waals surface area contributed by atoms with Crippen LogP contribution in [-0.2, 0) is 11.3 Å². The quantitative estimate of drug-likeness (QED) is 0.494. The molecule has 0 aliphatic carbocycles. The zero-order valence-corrected chi connectivity index (χ0v) is 20.7. The van der Waals surface area contributed by atoms with E-state index in [-0.39, 0.29) is 11.5 Å². The Balaban J connectivity index is 1.27. The summed E-state index contributed by atoms with van der Waals surface area (Å²) < 4.78 is 3.72. The number of nitrogens with one attached hydrogen (secondary N) is 1. The van der Waals surface area contributed by atoms with E-state index in [2.05, 4.69) is 43.8 Å². The van der Waals surface area contributed by atoms with Crippen LogP contribution in [0.25, 0.3) is 11.0 Å². The Labute approximate surface area is 210 Å². The van der Waals surface area contributed by atoms with Gasteiger partial charge in [-0.1, -0.05) is 6.58 Å². The maximum atomic E-state index is 12.7. The average molecular weight is 492 g/mol. The van der Waals surface area contributed by atoms with Gasteiger partial charge in [-0.2, -0.15) is 10.1 Å². The number of amides is 1. The van der Waals surface area contributed by atoms with Crippen molar-refractivity contribution in [2.45, 2.75) is 25.4 Å². The van der Waals surface area contributed by atoms with Crippen LogP contribution in [0.1, 0.15) is 18.9 Å². The topological polar surface area (TPSA) is 104 Å². The molecule has 0 bridgehead atoms. The number of carbonyl (C=O) groups is 1. The van der Waals surface area contributed by atoms with Crippen molar-refractivity contribution in [3.05, 3.63) is 53.7 Å². The fourth-order valence-corrected chi connectivity index (χ4v) is 4.90. The average Bonchev–Trinajstić information content (AvgIpc) is 3.36. The van der Waals surface area contributed by atoms with E-state index in [0.717, 1.165) is 50.1 Å². The Hall–Kier alpha value is -3.57. The summed E-state index contributed by atoms with van der Waals surface area (Å²) in [6, 6.07) is 3.72. The lowest BCUT2D eigenvalue weighted by Crippen LogP contribution is -2.49. The number of hydrogen-bond donors (Lipinski definition) is 1. The number of rotatable bonds is 7. The molecule has 1 N–H and O–H groups in total. The van der Waals surface area contributed by atoms with Gasteiger partial charge in [-0.3, -0.25) is 23.7 Å². The standard InChI is InChI=1S/C25H33N9O2/c1-3-22(35)32-13-10-31(11-14-32)12-15-33-23(36)5-4-19-16-26-25(29-24(19)33)28-20-17-27-34(18-20)21-6-8-30(2)9-7-21/h3-5,16-18,21H,1,6-15H2,2H3,(H,26,28,29). The van der Waals surface area contributed by atoms with Gasteiger partial charge in [-0.05, 0) is 45.1 Å². The van der Waals surface area contributed by atoms with Crippen molar-refractivity contribution in [2.75, 3.05) is 58.2 Å². The summed E-state index contributed by atoms with van der Waals surface area (Å²) in [5.74, 6) is 0.398. The number of pyridine rings is 1. The third-order valence-corrected chi connectivity index (χ3v) is 7.14. The number of anilines is 2. The molecule has 2 aliphatic heterocycles. The van der Waals surface area contributed by atoms with Crippen molar-refractivity contribution in [1.82, 2.24) is 39.0 Å². The van der Waals surface area contributed by atoms with Crippen LogP contribution in [0.3, 0.4) is 0 Å². The molecule has 0 spiro atoms. The lowest BCUT2D eigenvalue weighted by Gasteiger charge is -2.34. The first-order valence-corrected chi connectivity index (χ1v) is 12.5. The number of piperazine rings is 1. The Morgan fingerprint density at radius 1 is 1.11 bits per heavy atom. The van der Waals surface area contributed by atoms with Crippen molar-refractivity contribution >= 4 is 28.6 Å². The molecule has 2 aliphatic rings. The van der Waals surface area contributed by atoms with Crippen molar-refractivity contribution in [1.29, 1.82) is 0 Å². The summed E-state index contributed by atoms with van der Waals surface area (Å²) in [6.07, 6.45) is 9.04. The monoisotopic (exact) mass is 491 g/mol. The first kappa shape index (κ1) is 24.1. The van der Waals surface area contributed by atoms with Crippen LogP contribution < -0.4 is 10.9 Å². The van der Waals surface area contributed by atoms with Crippen molar-refractivity contribution in [3.63, 3.8) is 0 Å². The molecule has 3 aromatic rings. The van der Waals surface area contributed by atoms with E-state index in [0.29, 0.717) is 43.8 Å². The number of aromatic nitrogens is 5. The Morgan fingerprint density at radius 3 is 2.64 bits per heavy atom. The highest BCUT2D eigenvalue weighted by Crippen LogP contribution is 2.23. The Kier molecular flexibility index (Phi) is 7.10. The van der Waals surface area contributed by atoms with Crippen LogP contribution >= 0.6 is 0 Å². The zero-order valence-electron chi connectivity index (χ0n) is 20.7. The van der Waals surface area contributed by atoms with Crippen LogP contribution in [-0.4, -0.2) is 97.8 Å². The minimum Gasteiger partial charge on any atom is -0.337 e. The Morgan fingerprint density at radius 2 is 1.89 bits per heavy atom. The summed E-state index contributed by atoms with van der Waals surface area (Å²) in [7, 11) is 2.15. The van der Waals surface area contributed by atoms with Gasteiger partial charge in [0.2, 0.25) is 11.9 Å². The first-order chi connectivity index (χ1) is 17.5. The highest BCUT2D eigenvalue weighted by atomic mass is 16.2. The van der Waals surface area contributed by atoms with E-state index in [9.17, 15) is 9.59 Å². The normalized spacial score (nSPS) is 18.0.